The van der Waals surface area contributed by atoms with Gasteiger partial charge in [0, 0.05) is 30.0 Å². The van der Waals surface area contributed by atoms with Crippen molar-refractivity contribution >= 4 is 0 Å². The molecule has 0 saturated heterocycles. The molecule has 0 spiro atoms. The van der Waals surface area contributed by atoms with Gasteiger partial charge in [-0.3, -0.25) is 0 Å². The number of nitrogens with zero attached hydrogens (tertiary/aromatic N) is 1. The van der Waals surface area contributed by atoms with E-state index < -0.39 is 0 Å². The predicted molar refractivity (Wildman–Crippen MR) is 68.8 cm³/mol. The summed E-state index contributed by atoms with van der Waals surface area (Å²) in [6.07, 6.45) is 4.13. The summed E-state index contributed by atoms with van der Waals surface area (Å²) in [5.74, 6) is 0. The van der Waals surface area contributed by atoms with Gasteiger partial charge in [0.1, 0.15) is 0 Å². The molecule has 1 aromatic rings. The van der Waals surface area contributed by atoms with E-state index in [4.69, 9.17) is 0 Å². The Morgan fingerprint density at radius 2 is 2.06 bits per heavy atom. The molecular formula is C14H24N2. The molecule has 1 N–H and O–H groups in total. The summed E-state index contributed by atoms with van der Waals surface area (Å²) in [4.78, 5) is 0. The van der Waals surface area contributed by atoms with E-state index in [0.717, 1.165) is 12.6 Å². The first kappa shape index (κ1) is 11.7. The highest BCUT2D eigenvalue weighted by atomic mass is 15.0. The summed E-state index contributed by atoms with van der Waals surface area (Å²) < 4.78 is 2.43. The minimum atomic E-state index is 0.567. The van der Waals surface area contributed by atoms with Crippen molar-refractivity contribution in [2.24, 2.45) is 0 Å². The van der Waals surface area contributed by atoms with Crippen LogP contribution in [-0.2, 0) is 6.54 Å². The molecule has 1 heterocycles. The lowest BCUT2D eigenvalue weighted by Gasteiger charge is -2.26. The molecule has 90 valence electrons. The number of nitrogens with one attached hydrogen (secondary N) is 1. The summed E-state index contributed by atoms with van der Waals surface area (Å²) >= 11 is 0. The van der Waals surface area contributed by atoms with Crippen molar-refractivity contribution < 1.29 is 0 Å². The first-order valence-electron chi connectivity index (χ1n) is 6.50. The predicted octanol–water partition coefficient (Wildman–Crippen LogP) is 3.33. The average Bonchev–Trinajstić information content (AvgIpc) is 2.39. The van der Waals surface area contributed by atoms with E-state index in [1.165, 1.54) is 36.2 Å². The molecule has 0 bridgehead atoms. The zero-order valence-electron chi connectivity index (χ0n) is 11.0. The molecule has 1 aliphatic carbocycles. The minimum Gasteiger partial charge on any atom is -0.346 e. The molecule has 0 atom stereocenters. The van der Waals surface area contributed by atoms with Gasteiger partial charge in [-0.15, -0.1) is 0 Å². The highest BCUT2D eigenvalue weighted by molar-refractivity contribution is 5.27. The Balaban J connectivity index is 2.05. The molecule has 2 rings (SSSR count). The Hall–Kier alpha value is -0.760. The van der Waals surface area contributed by atoms with Gasteiger partial charge in [-0.25, -0.2) is 0 Å². The maximum Gasteiger partial charge on any atom is 0.0279 e. The van der Waals surface area contributed by atoms with Crippen LogP contribution in [0.15, 0.2) is 6.07 Å². The third-order valence-electron chi connectivity index (χ3n) is 3.79. The Kier molecular flexibility index (Phi) is 3.38. The van der Waals surface area contributed by atoms with Gasteiger partial charge in [-0.1, -0.05) is 6.42 Å². The maximum atomic E-state index is 3.64. The summed E-state index contributed by atoms with van der Waals surface area (Å²) in [6, 6.07) is 3.68. The lowest BCUT2D eigenvalue weighted by atomic mass is 9.93. The fourth-order valence-electron chi connectivity index (χ4n) is 2.69. The van der Waals surface area contributed by atoms with E-state index in [1.54, 1.807) is 0 Å². The Morgan fingerprint density at radius 3 is 2.50 bits per heavy atom. The van der Waals surface area contributed by atoms with E-state index in [9.17, 15) is 0 Å². The number of aryl methyl sites for hydroxylation is 1. The molecular weight excluding hydrogens is 196 g/mol. The van der Waals surface area contributed by atoms with Gasteiger partial charge in [0.2, 0.25) is 0 Å². The van der Waals surface area contributed by atoms with Crippen molar-refractivity contribution in [2.75, 3.05) is 0 Å². The monoisotopic (exact) mass is 220 g/mol. The number of hydrogen-bond donors (Lipinski definition) is 1. The molecule has 16 heavy (non-hydrogen) atoms. The first-order chi connectivity index (χ1) is 7.59. The number of hydrogen-bond acceptors (Lipinski definition) is 1. The second kappa shape index (κ2) is 4.62. The largest absolute Gasteiger partial charge is 0.346 e. The van der Waals surface area contributed by atoms with Gasteiger partial charge in [0.25, 0.3) is 0 Å². The minimum absolute atomic E-state index is 0.567. The summed E-state index contributed by atoms with van der Waals surface area (Å²) in [7, 11) is 0. The normalized spacial score (nSPS) is 16.8. The molecule has 0 aromatic carbocycles. The van der Waals surface area contributed by atoms with Crippen LogP contribution in [0, 0.1) is 13.8 Å². The van der Waals surface area contributed by atoms with E-state index in [0.29, 0.717) is 6.04 Å². The van der Waals surface area contributed by atoms with Crippen LogP contribution in [0.3, 0.4) is 0 Å². The highest BCUT2D eigenvalue weighted by Gasteiger charge is 2.17. The summed E-state index contributed by atoms with van der Waals surface area (Å²) in [5, 5.41) is 3.64. The summed E-state index contributed by atoms with van der Waals surface area (Å²) in [5.41, 5.74) is 4.29. The molecule has 0 radical (unpaired) electrons. The van der Waals surface area contributed by atoms with E-state index in [-0.39, 0.29) is 0 Å². The smallest absolute Gasteiger partial charge is 0.0279 e. The SMILES string of the molecule is Cc1cc(CNC2CCC2)c(C)n1C(C)C. The fraction of sp³-hybridized carbons (Fsp3) is 0.714. The third-order valence-corrected chi connectivity index (χ3v) is 3.79. The molecule has 1 aromatic heterocycles. The van der Waals surface area contributed by atoms with Crippen LogP contribution in [0.1, 0.15) is 56.1 Å². The fourth-order valence-corrected chi connectivity index (χ4v) is 2.69. The molecule has 2 nitrogen and oxygen atoms in total. The van der Waals surface area contributed by atoms with Crippen LogP contribution >= 0.6 is 0 Å². The van der Waals surface area contributed by atoms with Crippen molar-refractivity contribution in [3.05, 3.63) is 23.0 Å². The van der Waals surface area contributed by atoms with Crippen molar-refractivity contribution in [1.29, 1.82) is 0 Å². The van der Waals surface area contributed by atoms with Crippen LogP contribution in [-0.4, -0.2) is 10.6 Å². The number of aromatic nitrogens is 1. The van der Waals surface area contributed by atoms with Gasteiger partial charge < -0.3 is 9.88 Å². The van der Waals surface area contributed by atoms with E-state index in [2.05, 4.69) is 43.6 Å². The van der Waals surface area contributed by atoms with Gasteiger partial charge >= 0.3 is 0 Å². The molecule has 2 heteroatoms. The van der Waals surface area contributed by atoms with Gasteiger partial charge in [-0.05, 0) is 52.2 Å². The molecule has 0 amide bonds. The Bertz CT molecular complexity index is 359. The second-order valence-corrected chi connectivity index (χ2v) is 5.37. The Morgan fingerprint density at radius 1 is 1.38 bits per heavy atom. The van der Waals surface area contributed by atoms with Gasteiger partial charge in [0.15, 0.2) is 0 Å². The average molecular weight is 220 g/mol. The van der Waals surface area contributed by atoms with Gasteiger partial charge in [0.05, 0.1) is 0 Å². The molecule has 1 fully saturated rings. The molecule has 1 aliphatic rings. The van der Waals surface area contributed by atoms with Crippen molar-refractivity contribution in [2.45, 2.75) is 65.6 Å². The van der Waals surface area contributed by atoms with Crippen molar-refractivity contribution in [3.63, 3.8) is 0 Å². The van der Waals surface area contributed by atoms with E-state index in [1.807, 2.05) is 0 Å². The first-order valence-corrected chi connectivity index (χ1v) is 6.50. The lowest BCUT2D eigenvalue weighted by molar-refractivity contribution is 0.338. The topological polar surface area (TPSA) is 17.0 Å². The summed E-state index contributed by atoms with van der Waals surface area (Å²) in [6.45, 7) is 9.99. The molecule has 1 saturated carbocycles. The van der Waals surface area contributed by atoms with Crippen LogP contribution in [0.25, 0.3) is 0 Å². The highest BCUT2D eigenvalue weighted by Crippen LogP contribution is 2.22. The van der Waals surface area contributed by atoms with Gasteiger partial charge in [-0.2, -0.15) is 0 Å². The van der Waals surface area contributed by atoms with Crippen LogP contribution < -0.4 is 5.32 Å². The zero-order chi connectivity index (χ0) is 11.7. The lowest BCUT2D eigenvalue weighted by Crippen LogP contribution is -2.34. The maximum absolute atomic E-state index is 3.64. The van der Waals surface area contributed by atoms with E-state index >= 15 is 0 Å². The zero-order valence-corrected chi connectivity index (χ0v) is 11.0. The van der Waals surface area contributed by atoms with Crippen LogP contribution in [0.4, 0.5) is 0 Å². The quantitative estimate of drug-likeness (QED) is 0.823. The van der Waals surface area contributed by atoms with Crippen LogP contribution in [0.2, 0.25) is 0 Å². The molecule has 0 unspecified atom stereocenters. The standard InChI is InChI=1S/C14H24N2/c1-10(2)16-11(3)8-13(12(16)4)9-15-14-6-5-7-14/h8,10,14-15H,5-7,9H2,1-4H3. The Labute approximate surface area is 99.0 Å². The van der Waals surface area contributed by atoms with Crippen molar-refractivity contribution in [1.82, 2.24) is 9.88 Å². The number of rotatable bonds is 4. The van der Waals surface area contributed by atoms with Crippen LogP contribution in [0.5, 0.6) is 0 Å². The second-order valence-electron chi connectivity index (χ2n) is 5.37. The third kappa shape index (κ3) is 2.17. The van der Waals surface area contributed by atoms with Crippen molar-refractivity contribution in [3.8, 4) is 0 Å². The molecule has 0 aliphatic heterocycles.